The minimum atomic E-state index is -0.538. The zero-order chi connectivity index (χ0) is 35.9. The van der Waals surface area contributed by atoms with Crippen LogP contribution in [-0.2, 0) is 11.3 Å². The lowest BCUT2D eigenvalue weighted by Crippen LogP contribution is -2.39. The molecular weight excluding hydrogens is 648 g/mol. The number of amides is 1. The summed E-state index contributed by atoms with van der Waals surface area (Å²) in [7, 11) is 3.28. The Labute approximate surface area is 297 Å². The third-order valence-corrected chi connectivity index (χ3v) is 9.05. The molecule has 13 heteroatoms. The number of rotatable bonds is 10. The molecule has 4 aromatic heterocycles. The van der Waals surface area contributed by atoms with E-state index >= 15 is 0 Å². The first-order chi connectivity index (χ1) is 24.5. The second-order valence-electron chi connectivity index (χ2n) is 14.2. The van der Waals surface area contributed by atoms with Crippen molar-refractivity contribution in [2.24, 2.45) is 0 Å². The van der Waals surface area contributed by atoms with Gasteiger partial charge in [-0.1, -0.05) is 11.2 Å². The Bertz CT molecular complexity index is 2090. The standard InChI is InChI=1S/C38H44N8O5/c1-22(2)46-28-12-15-39-35(40-19-25-10-11-27(48-6)18-29(25)49-7)30(28)32(43-46)33-31(34(51-44-33)24-8-9-24)36-41-20-26(21-42-36)23-13-16-45(17-14-23)37(47)50-38(3,4)5/h10-13,15,18,20-22,24H,8-9,14,16-17,19H2,1-7H3,(H,39,40). The average molecular weight is 693 g/mol. The van der Waals surface area contributed by atoms with E-state index in [0.29, 0.717) is 54.8 Å². The number of nitrogens with zero attached hydrogens (tertiary/aromatic N) is 7. The monoisotopic (exact) mass is 692 g/mol. The lowest BCUT2D eigenvalue weighted by molar-refractivity contribution is 0.0270. The molecule has 13 nitrogen and oxygen atoms in total. The van der Waals surface area contributed by atoms with Crippen molar-refractivity contribution in [3.05, 3.63) is 65.8 Å². The number of ether oxygens (including phenoxy) is 3. The molecule has 5 aromatic rings. The molecule has 0 bridgehead atoms. The molecule has 1 aliphatic carbocycles. The zero-order valence-corrected chi connectivity index (χ0v) is 30.2. The average Bonchev–Trinajstić information content (AvgIpc) is 3.75. The van der Waals surface area contributed by atoms with E-state index in [1.807, 2.05) is 68.2 Å². The van der Waals surface area contributed by atoms with Gasteiger partial charge in [-0.25, -0.2) is 19.7 Å². The van der Waals surface area contributed by atoms with Crippen molar-refractivity contribution in [1.29, 1.82) is 0 Å². The number of anilines is 1. The molecule has 1 aromatic carbocycles. The van der Waals surface area contributed by atoms with Gasteiger partial charge in [0.1, 0.15) is 34.3 Å². The molecule has 5 heterocycles. The smallest absolute Gasteiger partial charge is 0.410 e. The number of benzene rings is 1. The number of aromatic nitrogens is 6. The molecule has 1 saturated carbocycles. The predicted molar refractivity (Wildman–Crippen MR) is 194 cm³/mol. The van der Waals surface area contributed by atoms with Crippen LogP contribution in [0.3, 0.4) is 0 Å². The van der Waals surface area contributed by atoms with Crippen LogP contribution in [0.2, 0.25) is 0 Å². The van der Waals surface area contributed by atoms with Crippen molar-refractivity contribution in [3.63, 3.8) is 0 Å². The van der Waals surface area contributed by atoms with Gasteiger partial charge in [-0.3, -0.25) is 4.68 Å². The second kappa shape index (κ2) is 13.7. The van der Waals surface area contributed by atoms with E-state index in [1.54, 1.807) is 25.3 Å². The van der Waals surface area contributed by atoms with E-state index in [9.17, 15) is 4.79 Å². The van der Waals surface area contributed by atoms with Crippen LogP contribution in [0, 0.1) is 0 Å². The highest BCUT2D eigenvalue weighted by Crippen LogP contribution is 2.48. The van der Waals surface area contributed by atoms with Gasteiger partial charge in [-0.05, 0) is 77.7 Å². The van der Waals surface area contributed by atoms with Gasteiger partial charge in [0.15, 0.2) is 11.6 Å². The molecule has 0 atom stereocenters. The first kappa shape index (κ1) is 34.0. The summed E-state index contributed by atoms with van der Waals surface area (Å²) in [5.41, 5.74) is 5.31. The normalized spacial score (nSPS) is 14.9. The second-order valence-corrected chi connectivity index (χ2v) is 14.2. The zero-order valence-electron chi connectivity index (χ0n) is 30.2. The van der Waals surface area contributed by atoms with E-state index < -0.39 is 5.60 Å². The number of hydrogen-bond donors (Lipinski definition) is 1. The Kier molecular flexibility index (Phi) is 9.13. The third-order valence-electron chi connectivity index (χ3n) is 9.05. The maximum atomic E-state index is 12.6. The molecule has 51 heavy (non-hydrogen) atoms. The minimum Gasteiger partial charge on any atom is -0.497 e. The fourth-order valence-corrected chi connectivity index (χ4v) is 6.31. The van der Waals surface area contributed by atoms with Gasteiger partial charge < -0.3 is 29.0 Å². The van der Waals surface area contributed by atoms with E-state index in [0.717, 1.165) is 57.5 Å². The van der Waals surface area contributed by atoms with Crippen molar-refractivity contribution in [2.45, 2.75) is 78.0 Å². The minimum absolute atomic E-state index is 0.0713. The van der Waals surface area contributed by atoms with Gasteiger partial charge in [0, 0.05) is 67.4 Å². The van der Waals surface area contributed by atoms with Crippen molar-refractivity contribution in [1.82, 2.24) is 34.8 Å². The summed E-state index contributed by atoms with van der Waals surface area (Å²) in [5, 5.41) is 14.1. The van der Waals surface area contributed by atoms with Crippen molar-refractivity contribution >= 4 is 28.4 Å². The molecule has 1 fully saturated rings. The summed E-state index contributed by atoms with van der Waals surface area (Å²) in [5.74, 6) is 3.65. The fourth-order valence-electron chi connectivity index (χ4n) is 6.31. The maximum absolute atomic E-state index is 12.6. The molecule has 0 saturated heterocycles. The van der Waals surface area contributed by atoms with E-state index in [4.69, 9.17) is 38.8 Å². The summed E-state index contributed by atoms with van der Waals surface area (Å²) in [6.45, 7) is 11.3. The Morgan fingerprint density at radius 3 is 2.49 bits per heavy atom. The number of hydrogen-bond acceptors (Lipinski definition) is 11. The summed E-state index contributed by atoms with van der Waals surface area (Å²) in [6, 6.07) is 7.79. The van der Waals surface area contributed by atoms with Gasteiger partial charge in [-0.15, -0.1) is 0 Å². The van der Waals surface area contributed by atoms with Gasteiger partial charge in [0.05, 0.1) is 30.7 Å². The van der Waals surface area contributed by atoms with Crippen LogP contribution in [0.25, 0.3) is 39.3 Å². The Morgan fingerprint density at radius 1 is 1.06 bits per heavy atom. The molecule has 0 radical (unpaired) electrons. The van der Waals surface area contributed by atoms with Crippen molar-refractivity contribution in [3.8, 4) is 34.3 Å². The van der Waals surface area contributed by atoms with Gasteiger partial charge in [0.2, 0.25) is 0 Å². The van der Waals surface area contributed by atoms with E-state index in [1.165, 1.54) is 0 Å². The largest absolute Gasteiger partial charge is 0.497 e. The molecule has 0 unspecified atom stereocenters. The van der Waals surface area contributed by atoms with Crippen LogP contribution in [0.15, 0.2) is 53.5 Å². The van der Waals surface area contributed by atoms with Crippen molar-refractivity contribution < 1.29 is 23.5 Å². The summed E-state index contributed by atoms with van der Waals surface area (Å²) >= 11 is 0. The van der Waals surface area contributed by atoms with Gasteiger partial charge in [0.25, 0.3) is 0 Å². The SMILES string of the molecule is COc1ccc(CNc2nccc3c2c(-c2noc(C4CC4)c2-c2ncc(C4=CCN(C(=O)OC(C)(C)C)CC4)cn2)nn3C(C)C)c(OC)c1. The third kappa shape index (κ3) is 6.97. The summed E-state index contributed by atoms with van der Waals surface area (Å²) < 4.78 is 24.6. The molecule has 1 amide bonds. The molecule has 2 aliphatic rings. The first-order valence-electron chi connectivity index (χ1n) is 17.4. The molecule has 0 spiro atoms. The lowest BCUT2D eigenvalue weighted by atomic mass is 10.0. The Balaban J connectivity index is 1.23. The van der Waals surface area contributed by atoms with Crippen LogP contribution in [0.4, 0.5) is 10.6 Å². The van der Waals surface area contributed by atoms with Gasteiger partial charge in [-0.2, -0.15) is 5.10 Å². The molecule has 266 valence electrons. The number of pyridine rings is 1. The van der Waals surface area contributed by atoms with Crippen molar-refractivity contribution in [2.75, 3.05) is 32.6 Å². The summed E-state index contributed by atoms with van der Waals surface area (Å²) in [6.07, 6.45) is 9.91. The van der Waals surface area contributed by atoms with Crippen LogP contribution in [-0.4, -0.2) is 73.8 Å². The number of methoxy groups -OCH3 is 2. The first-order valence-corrected chi connectivity index (χ1v) is 17.4. The molecule has 1 N–H and O–H groups in total. The Morgan fingerprint density at radius 2 is 1.84 bits per heavy atom. The number of carbonyl (C=O) groups is 1. The van der Waals surface area contributed by atoms with Crippen LogP contribution >= 0.6 is 0 Å². The number of nitrogens with one attached hydrogen (secondary N) is 1. The highest BCUT2D eigenvalue weighted by atomic mass is 16.6. The molecule has 1 aliphatic heterocycles. The quantitative estimate of drug-likeness (QED) is 0.154. The van der Waals surface area contributed by atoms with Crippen LogP contribution < -0.4 is 14.8 Å². The maximum Gasteiger partial charge on any atom is 0.410 e. The Hall–Kier alpha value is -5.46. The molecule has 7 rings (SSSR count). The predicted octanol–water partition coefficient (Wildman–Crippen LogP) is 7.66. The van der Waals surface area contributed by atoms with E-state index in [2.05, 4.69) is 24.3 Å². The highest BCUT2D eigenvalue weighted by Gasteiger charge is 2.36. The summed E-state index contributed by atoms with van der Waals surface area (Å²) in [4.78, 5) is 28.8. The van der Waals surface area contributed by atoms with Crippen LogP contribution in [0.1, 0.15) is 82.7 Å². The van der Waals surface area contributed by atoms with Crippen LogP contribution in [0.5, 0.6) is 11.5 Å². The van der Waals surface area contributed by atoms with Gasteiger partial charge >= 0.3 is 6.09 Å². The number of carbonyl (C=O) groups excluding carboxylic acids is 1. The highest BCUT2D eigenvalue weighted by molar-refractivity contribution is 6.02. The van der Waals surface area contributed by atoms with E-state index in [-0.39, 0.29) is 18.1 Å². The lowest BCUT2D eigenvalue weighted by Gasteiger charge is -2.29. The molecular formula is C38H44N8O5. The number of fused-ring (bicyclic) bond motifs is 1. The fraction of sp³-hybridized carbons (Fsp3) is 0.421. The topological polar surface area (TPSA) is 143 Å².